The summed E-state index contributed by atoms with van der Waals surface area (Å²) in [5, 5.41) is 0.855. The van der Waals surface area contributed by atoms with E-state index < -0.39 is 5.97 Å². The molecular formula is C22H21NO3S2. The van der Waals surface area contributed by atoms with Crippen molar-refractivity contribution in [3.05, 3.63) is 70.9 Å². The van der Waals surface area contributed by atoms with Crippen molar-refractivity contribution in [1.29, 1.82) is 0 Å². The fourth-order valence-electron chi connectivity index (χ4n) is 3.38. The van der Waals surface area contributed by atoms with E-state index in [0.29, 0.717) is 15.7 Å². The highest BCUT2D eigenvalue weighted by atomic mass is 32.2. The van der Waals surface area contributed by atoms with E-state index in [9.17, 15) is 9.59 Å². The summed E-state index contributed by atoms with van der Waals surface area (Å²) in [6.07, 6.45) is 1.25. The van der Waals surface area contributed by atoms with Crippen LogP contribution in [-0.2, 0) is 4.74 Å². The predicted molar refractivity (Wildman–Crippen MR) is 116 cm³/mol. The summed E-state index contributed by atoms with van der Waals surface area (Å²) < 4.78 is 5.73. The van der Waals surface area contributed by atoms with E-state index in [4.69, 9.17) is 4.74 Å². The summed E-state index contributed by atoms with van der Waals surface area (Å²) in [5.74, 6) is 1.68. The van der Waals surface area contributed by atoms with Crippen molar-refractivity contribution in [2.24, 2.45) is 0 Å². The normalized spacial score (nSPS) is 14.9. The fourth-order valence-corrected chi connectivity index (χ4v) is 6.27. The minimum atomic E-state index is -0.471. The van der Waals surface area contributed by atoms with Crippen LogP contribution in [0.1, 0.15) is 43.0 Å². The molecule has 6 heteroatoms. The molecule has 0 aliphatic carbocycles. The average Bonchev–Trinajstić information content (AvgIpc) is 3.08. The van der Waals surface area contributed by atoms with Crippen LogP contribution < -0.4 is 0 Å². The van der Waals surface area contributed by atoms with E-state index in [1.54, 1.807) is 12.1 Å². The zero-order valence-electron chi connectivity index (χ0n) is 15.6. The maximum Gasteiger partial charge on any atom is 0.338 e. The molecule has 4 nitrogen and oxygen atoms in total. The van der Waals surface area contributed by atoms with Crippen LogP contribution in [0.2, 0.25) is 0 Å². The van der Waals surface area contributed by atoms with Gasteiger partial charge in [0.15, 0.2) is 6.61 Å². The van der Waals surface area contributed by atoms with E-state index in [0.717, 1.165) is 16.6 Å². The second-order valence-corrected chi connectivity index (χ2v) is 9.44. The highest BCUT2D eigenvalue weighted by molar-refractivity contribution is 8.16. The molecule has 1 aromatic heterocycles. The Morgan fingerprint density at radius 3 is 2.54 bits per heavy atom. The molecule has 0 radical (unpaired) electrons. The van der Waals surface area contributed by atoms with Gasteiger partial charge in [-0.05, 0) is 48.6 Å². The zero-order chi connectivity index (χ0) is 19.5. The number of carbonyl (C=O) groups excluding carboxylic acids is 2. The summed E-state index contributed by atoms with van der Waals surface area (Å²) in [5.41, 5.74) is 3.97. The number of Topliss-reactive ketones (excluding diaryl/α,β-unsaturated/α-hetero) is 1. The predicted octanol–water partition coefficient (Wildman–Crippen LogP) is 5.38. The maximum atomic E-state index is 12.6. The van der Waals surface area contributed by atoms with Gasteiger partial charge >= 0.3 is 5.97 Å². The molecule has 2 heterocycles. The number of H-pyrrole nitrogens is 1. The van der Waals surface area contributed by atoms with Gasteiger partial charge in [-0.15, -0.1) is 23.5 Å². The van der Waals surface area contributed by atoms with Crippen molar-refractivity contribution < 1.29 is 14.3 Å². The number of ether oxygens (including phenoxy) is 1. The van der Waals surface area contributed by atoms with E-state index in [2.05, 4.69) is 4.98 Å². The third-order valence-electron chi connectivity index (χ3n) is 4.75. The summed E-state index contributed by atoms with van der Waals surface area (Å²) in [7, 11) is 0. The molecule has 4 rings (SSSR count). The molecule has 1 aliphatic heterocycles. The first-order valence-electron chi connectivity index (χ1n) is 9.24. The lowest BCUT2D eigenvalue weighted by molar-refractivity contribution is 0.0475. The lowest BCUT2D eigenvalue weighted by Gasteiger charge is -2.21. The number of aromatic nitrogens is 1. The molecule has 3 aromatic rings. The monoisotopic (exact) mass is 411 g/mol. The molecule has 0 spiro atoms. The topological polar surface area (TPSA) is 59.2 Å². The molecule has 0 saturated carbocycles. The zero-order valence-corrected chi connectivity index (χ0v) is 17.2. The Morgan fingerprint density at radius 2 is 1.79 bits per heavy atom. The van der Waals surface area contributed by atoms with Gasteiger partial charge in [0.05, 0.1) is 10.1 Å². The van der Waals surface area contributed by atoms with Gasteiger partial charge in [0.2, 0.25) is 5.78 Å². The molecule has 0 bridgehead atoms. The van der Waals surface area contributed by atoms with Gasteiger partial charge in [-0.25, -0.2) is 4.79 Å². The summed E-state index contributed by atoms with van der Waals surface area (Å²) in [6, 6.07) is 15.2. The van der Waals surface area contributed by atoms with E-state index in [1.807, 2.05) is 66.8 Å². The Balaban J connectivity index is 1.41. The number of hydrogen-bond acceptors (Lipinski definition) is 5. The van der Waals surface area contributed by atoms with Crippen molar-refractivity contribution in [2.75, 3.05) is 18.1 Å². The molecule has 1 fully saturated rings. The highest BCUT2D eigenvalue weighted by Gasteiger charge is 2.19. The lowest BCUT2D eigenvalue weighted by Crippen LogP contribution is -2.15. The van der Waals surface area contributed by atoms with Gasteiger partial charge < -0.3 is 9.72 Å². The quantitative estimate of drug-likeness (QED) is 0.451. The number of aromatic amines is 1. The van der Waals surface area contributed by atoms with Crippen molar-refractivity contribution >= 4 is 46.2 Å². The molecular weight excluding hydrogens is 390 g/mol. The van der Waals surface area contributed by atoms with Crippen LogP contribution in [0.5, 0.6) is 0 Å². The smallest absolute Gasteiger partial charge is 0.338 e. The Bertz CT molecular complexity index is 1000. The Labute approximate surface area is 172 Å². The molecule has 144 valence electrons. The van der Waals surface area contributed by atoms with Crippen LogP contribution in [0.3, 0.4) is 0 Å². The number of esters is 1. The first-order chi connectivity index (χ1) is 13.6. The van der Waals surface area contributed by atoms with Crippen LogP contribution >= 0.6 is 23.5 Å². The van der Waals surface area contributed by atoms with Gasteiger partial charge in [0.25, 0.3) is 0 Å². The van der Waals surface area contributed by atoms with Gasteiger partial charge in [0, 0.05) is 22.2 Å². The molecule has 0 unspecified atom stereocenters. The van der Waals surface area contributed by atoms with E-state index in [-0.39, 0.29) is 12.4 Å². The van der Waals surface area contributed by atoms with Gasteiger partial charge in [-0.3, -0.25) is 4.79 Å². The number of carbonyl (C=O) groups is 2. The van der Waals surface area contributed by atoms with Gasteiger partial charge in [0.1, 0.15) is 0 Å². The molecule has 2 aromatic carbocycles. The maximum absolute atomic E-state index is 12.6. The van der Waals surface area contributed by atoms with Crippen LogP contribution in [0, 0.1) is 6.92 Å². The van der Waals surface area contributed by atoms with Crippen LogP contribution in [-0.4, -0.2) is 34.8 Å². The fraction of sp³-hybridized carbons (Fsp3) is 0.273. The second-order valence-electron chi connectivity index (χ2n) is 6.72. The number of thioether (sulfide) groups is 2. The van der Waals surface area contributed by atoms with E-state index in [1.165, 1.54) is 23.5 Å². The molecule has 0 amide bonds. The molecule has 1 aliphatic rings. The summed E-state index contributed by atoms with van der Waals surface area (Å²) in [6.45, 7) is 1.59. The van der Waals surface area contributed by atoms with Crippen molar-refractivity contribution in [3.63, 3.8) is 0 Å². The molecule has 1 N–H and O–H groups in total. The average molecular weight is 412 g/mol. The first kappa shape index (κ1) is 19.2. The number of para-hydroxylation sites is 1. The Kier molecular flexibility index (Phi) is 5.78. The Morgan fingerprint density at radius 1 is 1.07 bits per heavy atom. The van der Waals surface area contributed by atoms with Crippen LogP contribution in [0.15, 0.2) is 48.5 Å². The SMILES string of the molecule is Cc1[nH]c2ccccc2c1C(=O)COC(=O)c1ccc(C2SCCCS2)cc1. The van der Waals surface area contributed by atoms with Crippen molar-refractivity contribution in [1.82, 2.24) is 4.98 Å². The van der Waals surface area contributed by atoms with Crippen molar-refractivity contribution in [3.8, 4) is 0 Å². The molecule has 1 saturated heterocycles. The standard InChI is InChI=1S/C22H21NO3S2/c1-14-20(17-5-2-3-6-18(17)23-14)19(24)13-26-21(25)15-7-9-16(10-8-15)22-27-11-4-12-28-22/h2-3,5-10,22-23H,4,11-13H2,1H3. The number of fused-ring (bicyclic) bond motifs is 1. The lowest BCUT2D eigenvalue weighted by atomic mass is 10.1. The number of aryl methyl sites for hydroxylation is 1. The third kappa shape index (κ3) is 3.98. The number of ketones is 1. The second kappa shape index (κ2) is 8.45. The molecule has 0 atom stereocenters. The summed E-state index contributed by atoms with van der Waals surface area (Å²) in [4.78, 5) is 28.2. The van der Waals surface area contributed by atoms with Gasteiger partial charge in [-0.1, -0.05) is 30.3 Å². The van der Waals surface area contributed by atoms with Crippen molar-refractivity contribution in [2.45, 2.75) is 17.9 Å². The largest absolute Gasteiger partial charge is 0.454 e. The number of benzene rings is 2. The van der Waals surface area contributed by atoms with Gasteiger partial charge in [-0.2, -0.15) is 0 Å². The van der Waals surface area contributed by atoms with Crippen LogP contribution in [0.25, 0.3) is 10.9 Å². The first-order valence-corrected chi connectivity index (χ1v) is 11.3. The number of rotatable bonds is 5. The number of nitrogens with one attached hydrogen (secondary N) is 1. The third-order valence-corrected chi connectivity index (χ3v) is 7.77. The van der Waals surface area contributed by atoms with E-state index >= 15 is 0 Å². The summed E-state index contributed by atoms with van der Waals surface area (Å²) >= 11 is 3.89. The molecule has 28 heavy (non-hydrogen) atoms. The minimum Gasteiger partial charge on any atom is -0.454 e. The minimum absolute atomic E-state index is 0.199. The van der Waals surface area contributed by atoms with Crippen LogP contribution in [0.4, 0.5) is 0 Å². The number of hydrogen-bond donors (Lipinski definition) is 1. The Hall–Kier alpha value is -2.18. The highest BCUT2D eigenvalue weighted by Crippen LogP contribution is 2.43.